The molecule has 1 heterocycles. The number of aromatic nitrogens is 2. The first-order valence-electron chi connectivity index (χ1n) is 5.63. The van der Waals surface area contributed by atoms with Gasteiger partial charge in [-0.1, -0.05) is 43.5 Å². The van der Waals surface area contributed by atoms with E-state index in [1.165, 1.54) is 0 Å². The summed E-state index contributed by atoms with van der Waals surface area (Å²) in [7, 11) is 0. The highest BCUT2D eigenvalue weighted by Gasteiger charge is 2.12. The molecule has 2 aromatic rings. The zero-order valence-corrected chi connectivity index (χ0v) is 11.4. The summed E-state index contributed by atoms with van der Waals surface area (Å²) in [6.45, 7) is 5.18. The standard InChI is InChI=1S/C12H15Cl2N3/c1-3-7(2)6-17-11-5-9(14)8(13)4-10(11)16-12(17)15/h4-5,7H,3,6H2,1-2H3,(H2,15,16). The smallest absolute Gasteiger partial charge is 0.201 e. The van der Waals surface area contributed by atoms with Gasteiger partial charge in [0.2, 0.25) is 5.95 Å². The highest BCUT2D eigenvalue weighted by Crippen LogP contribution is 2.29. The van der Waals surface area contributed by atoms with Crippen molar-refractivity contribution in [3.63, 3.8) is 0 Å². The summed E-state index contributed by atoms with van der Waals surface area (Å²) in [5.74, 6) is 1.06. The van der Waals surface area contributed by atoms with Crippen LogP contribution in [-0.4, -0.2) is 9.55 Å². The van der Waals surface area contributed by atoms with Crippen molar-refractivity contribution in [2.75, 3.05) is 5.73 Å². The molecule has 0 saturated carbocycles. The predicted octanol–water partition coefficient (Wildman–Crippen LogP) is 3.97. The average Bonchev–Trinajstić information content (AvgIpc) is 2.56. The molecule has 0 saturated heterocycles. The molecule has 2 rings (SSSR count). The fourth-order valence-electron chi connectivity index (χ4n) is 1.77. The predicted molar refractivity (Wildman–Crippen MR) is 73.6 cm³/mol. The van der Waals surface area contributed by atoms with Crippen molar-refractivity contribution >= 4 is 40.2 Å². The van der Waals surface area contributed by atoms with Gasteiger partial charge >= 0.3 is 0 Å². The SMILES string of the molecule is CCC(C)Cn1c(N)nc2cc(Cl)c(Cl)cc21. The molecule has 0 aliphatic heterocycles. The monoisotopic (exact) mass is 271 g/mol. The Balaban J connectivity index is 2.54. The van der Waals surface area contributed by atoms with E-state index in [4.69, 9.17) is 28.9 Å². The summed E-state index contributed by atoms with van der Waals surface area (Å²) in [5, 5.41) is 1.04. The molecule has 1 aromatic heterocycles. The number of nitrogen functional groups attached to an aromatic ring is 1. The second-order valence-corrected chi connectivity index (χ2v) is 5.16. The van der Waals surface area contributed by atoms with E-state index in [0.717, 1.165) is 24.0 Å². The zero-order chi connectivity index (χ0) is 12.6. The van der Waals surface area contributed by atoms with Crippen molar-refractivity contribution in [2.24, 2.45) is 5.92 Å². The van der Waals surface area contributed by atoms with E-state index < -0.39 is 0 Å². The number of halogens is 2. The van der Waals surface area contributed by atoms with E-state index in [0.29, 0.717) is 21.9 Å². The van der Waals surface area contributed by atoms with Crippen LogP contribution in [0.3, 0.4) is 0 Å². The van der Waals surface area contributed by atoms with Crippen LogP contribution in [0, 0.1) is 5.92 Å². The first-order chi connectivity index (χ1) is 8.02. The molecule has 0 radical (unpaired) electrons. The molecule has 0 aliphatic rings. The number of rotatable bonds is 3. The Morgan fingerprint density at radius 3 is 2.65 bits per heavy atom. The second kappa shape index (κ2) is 4.75. The Morgan fingerprint density at radius 2 is 2.00 bits per heavy atom. The lowest BCUT2D eigenvalue weighted by molar-refractivity contribution is 0.479. The fraction of sp³-hybridized carbons (Fsp3) is 0.417. The van der Waals surface area contributed by atoms with Gasteiger partial charge in [0, 0.05) is 6.54 Å². The van der Waals surface area contributed by atoms with E-state index in [2.05, 4.69) is 18.8 Å². The van der Waals surface area contributed by atoms with Crippen molar-refractivity contribution in [1.29, 1.82) is 0 Å². The van der Waals surface area contributed by atoms with Crippen molar-refractivity contribution in [1.82, 2.24) is 9.55 Å². The van der Waals surface area contributed by atoms with Gasteiger partial charge in [-0.15, -0.1) is 0 Å². The van der Waals surface area contributed by atoms with Crippen LogP contribution >= 0.6 is 23.2 Å². The molecule has 0 bridgehead atoms. The number of benzene rings is 1. The van der Waals surface area contributed by atoms with Gasteiger partial charge in [0.25, 0.3) is 0 Å². The van der Waals surface area contributed by atoms with E-state index in [1.54, 1.807) is 6.07 Å². The van der Waals surface area contributed by atoms with Gasteiger partial charge in [0.1, 0.15) is 0 Å². The summed E-state index contributed by atoms with van der Waals surface area (Å²) in [5.41, 5.74) is 7.66. The number of anilines is 1. The Kier molecular flexibility index (Phi) is 3.50. The van der Waals surface area contributed by atoms with Crippen LogP contribution in [0.15, 0.2) is 12.1 Å². The molecule has 5 heteroatoms. The van der Waals surface area contributed by atoms with Gasteiger partial charge in [-0.25, -0.2) is 4.98 Å². The molecular formula is C12H15Cl2N3. The number of hydrogen-bond donors (Lipinski definition) is 1. The van der Waals surface area contributed by atoms with Crippen molar-refractivity contribution < 1.29 is 0 Å². The highest BCUT2D eigenvalue weighted by molar-refractivity contribution is 6.42. The molecule has 0 amide bonds. The van der Waals surface area contributed by atoms with Crippen LogP contribution in [0.4, 0.5) is 5.95 Å². The maximum Gasteiger partial charge on any atom is 0.201 e. The number of nitrogens with zero attached hydrogens (tertiary/aromatic N) is 2. The molecule has 2 N–H and O–H groups in total. The van der Waals surface area contributed by atoms with E-state index in [1.807, 2.05) is 10.6 Å². The van der Waals surface area contributed by atoms with Crippen LogP contribution in [0.2, 0.25) is 10.0 Å². The zero-order valence-electron chi connectivity index (χ0n) is 9.87. The summed E-state index contributed by atoms with van der Waals surface area (Å²) in [6.07, 6.45) is 1.10. The Bertz CT molecular complexity index is 548. The lowest BCUT2D eigenvalue weighted by Crippen LogP contribution is -2.09. The average molecular weight is 272 g/mol. The highest BCUT2D eigenvalue weighted by atomic mass is 35.5. The van der Waals surface area contributed by atoms with Crippen molar-refractivity contribution in [3.05, 3.63) is 22.2 Å². The summed E-state index contributed by atoms with van der Waals surface area (Å²) in [6, 6.07) is 3.58. The molecule has 0 spiro atoms. The van der Waals surface area contributed by atoms with Crippen LogP contribution in [0.25, 0.3) is 11.0 Å². The largest absolute Gasteiger partial charge is 0.369 e. The third-order valence-corrected chi connectivity index (χ3v) is 3.73. The number of fused-ring (bicyclic) bond motifs is 1. The third-order valence-electron chi connectivity index (χ3n) is 3.01. The fourth-order valence-corrected chi connectivity index (χ4v) is 2.09. The molecule has 1 atom stereocenters. The third kappa shape index (κ3) is 2.35. The minimum absolute atomic E-state index is 0.507. The van der Waals surface area contributed by atoms with Crippen molar-refractivity contribution in [2.45, 2.75) is 26.8 Å². The number of nitrogens with two attached hydrogens (primary N) is 1. The van der Waals surface area contributed by atoms with Gasteiger partial charge in [0.05, 0.1) is 21.1 Å². The van der Waals surface area contributed by atoms with Crippen LogP contribution in [0.5, 0.6) is 0 Å². The molecule has 92 valence electrons. The maximum absolute atomic E-state index is 6.03. The van der Waals surface area contributed by atoms with E-state index in [-0.39, 0.29) is 0 Å². The van der Waals surface area contributed by atoms with Gasteiger partial charge in [-0.05, 0) is 18.1 Å². The Labute approximate surface area is 111 Å². The summed E-state index contributed by atoms with van der Waals surface area (Å²) < 4.78 is 1.99. The minimum atomic E-state index is 0.507. The molecule has 0 fully saturated rings. The minimum Gasteiger partial charge on any atom is -0.369 e. The number of hydrogen-bond acceptors (Lipinski definition) is 2. The molecule has 17 heavy (non-hydrogen) atoms. The van der Waals surface area contributed by atoms with Gasteiger partial charge in [0.15, 0.2) is 0 Å². The molecular weight excluding hydrogens is 257 g/mol. The quantitative estimate of drug-likeness (QED) is 0.918. The van der Waals surface area contributed by atoms with Gasteiger partial charge in [-0.2, -0.15) is 0 Å². The maximum atomic E-state index is 6.03. The normalized spacial score (nSPS) is 13.2. The molecule has 1 aromatic carbocycles. The van der Waals surface area contributed by atoms with Gasteiger partial charge in [-0.3, -0.25) is 0 Å². The van der Waals surface area contributed by atoms with Crippen LogP contribution in [-0.2, 0) is 6.54 Å². The molecule has 1 unspecified atom stereocenters. The van der Waals surface area contributed by atoms with Crippen LogP contribution in [0.1, 0.15) is 20.3 Å². The van der Waals surface area contributed by atoms with E-state index in [9.17, 15) is 0 Å². The van der Waals surface area contributed by atoms with Crippen molar-refractivity contribution in [3.8, 4) is 0 Å². The lowest BCUT2D eigenvalue weighted by Gasteiger charge is -2.11. The lowest BCUT2D eigenvalue weighted by atomic mass is 10.1. The first kappa shape index (κ1) is 12.5. The molecule has 0 aliphatic carbocycles. The summed E-state index contributed by atoms with van der Waals surface area (Å²) in [4.78, 5) is 4.30. The molecule has 3 nitrogen and oxygen atoms in total. The second-order valence-electron chi connectivity index (χ2n) is 4.35. The van der Waals surface area contributed by atoms with Gasteiger partial charge < -0.3 is 10.3 Å². The number of imidazole rings is 1. The Morgan fingerprint density at radius 1 is 1.35 bits per heavy atom. The van der Waals surface area contributed by atoms with Crippen LogP contribution < -0.4 is 5.73 Å². The Hall–Kier alpha value is -0.930. The van der Waals surface area contributed by atoms with E-state index >= 15 is 0 Å². The first-order valence-corrected chi connectivity index (χ1v) is 6.39. The topological polar surface area (TPSA) is 43.8 Å². The summed E-state index contributed by atoms with van der Waals surface area (Å²) >= 11 is 12.0.